The van der Waals surface area contributed by atoms with E-state index in [1.54, 1.807) is 41.5 Å². The number of pyridine rings is 2. The molecule has 0 saturated heterocycles. The molecule has 8 heteroatoms. The summed E-state index contributed by atoms with van der Waals surface area (Å²) in [7, 11) is 0. The second kappa shape index (κ2) is 8.43. The SMILES string of the molecule is CC.O=[N+]([O-])c1ccc(-[n+]2ccc(-c3ccncc3)cc2)c([N+](=O)[O-])c1. The maximum atomic E-state index is 11.2. The second-order valence-electron chi connectivity index (χ2n) is 4.92. The van der Waals surface area contributed by atoms with Crippen molar-refractivity contribution < 1.29 is 14.4 Å². The van der Waals surface area contributed by atoms with Crippen LogP contribution in [0.15, 0.2) is 67.3 Å². The summed E-state index contributed by atoms with van der Waals surface area (Å²) in [6.45, 7) is 4.00. The van der Waals surface area contributed by atoms with Crippen molar-refractivity contribution >= 4 is 11.4 Å². The Kier molecular flexibility index (Phi) is 6.05. The molecule has 0 radical (unpaired) electrons. The Bertz CT molecular complexity index is 912. The number of benzene rings is 1. The van der Waals surface area contributed by atoms with Gasteiger partial charge in [0.1, 0.15) is 6.07 Å². The summed E-state index contributed by atoms with van der Waals surface area (Å²) in [5, 5.41) is 22.0. The van der Waals surface area contributed by atoms with Crippen molar-refractivity contribution in [1.82, 2.24) is 4.98 Å². The predicted octanol–water partition coefficient (Wildman–Crippen LogP) is 3.87. The number of nitrogens with zero attached hydrogens (tertiary/aromatic N) is 4. The molecule has 3 aromatic rings. The highest BCUT2D eigenvalue weighted by Gasteiger charge is 2.26. The average molecular weight is 353 g/mol. The maximum Gasteiger partial charge on any atom is 0.347 e. The normalized spacial score (nSPS) is 9.77. The Balaban J connectivity index is 0.00000117. The smallest absolute Gasteiger partial charge is 0.265 e. The molecule has 0 saturated carbocycles. The Labute approximate surface area is 149 Å². The summed E-state index contributed by atoms with van der Waals surface area (Å²) in [5.41, 5.74) is 1.51. The van der Waals surface area contributed by atoms with E-state index in [2.05, 4.69) is 4.98 Å². The molecule has 3 rings (SSSR count). The van der Waals surface area contributed by atoms with Crippen LogP contribution in [0.2, 0.25) is 0 Å². The first-order valence-electron chi connectivity index (χ1n) is 7.91. The van der Waals surface area contributed by atoms with Gasteiger partial charge in [0, 0.05) is 36.7 Å². The van der Waals surface area contributed by atoms with E-state index in [1.807, 2.05) is 26.0 Å². The molecule has 0 aliphatic carbocycles. The van der Waals surface area contributed by atoms with Crippen LogP contribution < -0.4 is 4.57 Å². The highest BCUT2D eigenvalue weighted by molar-refractivity contribution is 5.61. The zero-order chi connectivity index (χ0) is 19.1. The molecule has 0 atom stereocenters. The molecule has 8 nitrogen and oxygen atoms in total. The van der Waals surface area contributed by atoms with E-state index in [-0.39, 0.29) is 17.1 Å². The number of non-ortho nitro benzene ring substituents is 1. The zero-order valence-corrected chi connectivity index (χ0v) is 14.3. The van der Waals surface area contributed by atoms with Crippen molar-refractivity contribution in [2.45, 2.75) is 13.8 Å². The Hall–Kier alpha value is -3.68. The summed E-state index contributed by atoms with van der Waals surface area (Å²) in [6, 6.07) is 10.9. The highest BCUT2D eigenvalue weighted by Crippen LogP contribution is 2.25. The van der Waals surface area contributed by atoms with E-state index < -0.39 is 9.85 Å². The summed E-state index contributed by atoms with van der Waals surface area (Å²) in [4.78, 5) is 24.7. The molecule has 0 bridgehead atoms. The third-order valence-corrected chi connectivity index (χ3v) is 3.49. The van der Waals surface area contributed by atoms with Gasteiger partial charge in [-0.3, -0.25) is 25.2 Å². The molecule has 1 aromatic carbocycles. The number of nitro groups is 2. The molecule has 0 aliphatic rings. The molecule has 132 valence electrons. The number of nitro benzene ring substituents is 2. The van der Waals surface area contributed by atoms with Gasteiger partial charge in [0.25, 0.3) is 11.4 Å². The van der Waals surface area contributed by atoms with Crippen molar-refractivity contribution in [3.63, 3.8) is 0 Å². The van der Waals surface area contributed by atoms with Crippen molar-refractivity contribution in [1.29, 1.82) is 0 Å². The number of hydrogen-bond donors (Lipinski definition) is 0. The van der Waals surface area contributed by atoms with E-state index in [0.29, 0.717) is 0 Å². The Morgan fingerprint density at radius 2 is 1.42 bits per heavy atom. The van der Waals surface area contributed by atoms with E-state index in [9.17, 15) is 20.2 Å². The van der Waals surface area contributed by atoms with Gasteiger partial charge >= 0.3 is 5.69 Å². The topological polar surface area (TPSA) is 103 Å². The summed E-state index contributed by atoms with van der Waals surface area (Å²) in [5.74, 6) is 0. The van der Waals surface area contributed by atoms with Crippen molar-refractivity contribution in [3.05, 3.63) is 87.5 Å². The van der Waals surface area contributed by atoms with Crippen LogP contribution in [0.5, 0.6) is 0 Å². The molecule has 0 N–H and O–H groups in total. The van der Waals surface area contributed by atoms with Gasteiger partial charge in [-0.05, 0) is 23.3 Å². The van der Waals surface area contributed by atoms with Crippen LogP contribution in [0.3, 0.4) is 0 Å². The Morgan fingerprint density at radius 3 is 1.96 bits per heavy atom. The second-order valence-corrected chi connectivity index (χ2v) is 4.92. The van der Waals surface area contributed by atoms with Gasteiger partial charge in [-0.15, -0.1) is 0 Å². The van der Waals surface area contributed by atoms with Gasteiger partial charge < -0.3 is 0 Å². The average Bonchev–Trinajstić information content (AvgIpc) is 2.70. The first-order chi connectivity index (χ1) is 12.6. The van der Waals surface area contributed by atoms with Gasteiger partial charge in [-0.1, -0.05) is 13.8 Å². The van der Waals surface area contributed by atoms with Crippen LogP contribution in [-0.4, -0.2) is 14.8 Å². The van der Waals surface area contributed by atoms with Gasteiger partial charge in [0.15, 0.2) is 12.4 Å². The zero-order valence-electron chi connectivity index (χ0n) is 14.3. The fourth-order valence-corrected chi connectivity index (χ4v) is 2.31. The first-order valence-corrected chi connectivity index (χ1v) is 7.91. The molecule has 26 heavy (non-hydrogen) atoms. The molecular formula is C18H17N4O4+. The standard InChI is InChI=1S/C16H11N4O4.C2H6/c21-19(22)14-1-2-15(16(11-14)20(23)24)18-9-5-13(6-10-18)12-3-7-17-8-4-12;1-2/h1-11H;1-2H3/q+1;. The van der Waals surface area contributed by atoms with E-state index in [4.69, 9.17) is 0 Å². The maximum absolute atomic E-state index is 11.2. The molecule has 0 amide bonds. The molecule has 0 unspecified atom stereocenters. The number of aromatic nitrogens is 2. The van der Waals surface area contributed by atoms with Crippen LogP contribution >= 0.6 is 0 Å². The quantitative estimate of drug-likeness (QED) is 0.402. The number of hydrogen-bond acceptors (Lipinski definition) is 5. The fourth-order valence-electron chi connectivity index (χ4n) is 2.31. The monoisotopic (exact) mass is 353 g/mol. The highest BCUT2D eigenvalue weighted by atomic mass is 16.6. The minimum absolute atomic E-state index is 0.256. The van der Waals surface area contributed by atoms with Crippen LogP contribution in [-0.2, 0) is 0 Å². The van der Waals surface area contributed by atoms with Crippen LogP contribution in [0.4, 0.5) is 11.4 Å². The van der Waals surface area contributed by atoms with E-state index in [0.717, 1.165) is 17.2 Å². The lowest BCUT2D eigenvalue weighted by atomic mass is 10.1. The Morgan fingerprint density at radius 1 is 0.846 bits per heavy atom. The third kappa shape index (κ3) is 4.04. The molecule has 0 aliphatic heterocycles. The minimum atomic E-state index is -0.659. The lowest BCUT2D eigenvalue weighted by Crippen LogP contribution is -2.30. The molecule has 0 fully saturated rings. The third-order valence-electron chi connectivity index (χ3n) is 3.49. The first kappa shape index (κ1) is 18.7. The molecule has 2 heterocycles. The van der Waals surface area contributed by atoms with E-state index >= 15 is 0 Å². The largest absolute Gasteiger partial charge is 0.347 e. The van der Waals surface area contributed by atoms with Crippen molar-refractivity contribution in [2.75, 3.05) is 0 Å². The summed E-state index contributed by atoms with van der Waals surface area (Å²) in [6.07, 6.45) is 6.70. The van der Waals surface area contributed by atoms with Crippen LogP contribution in [0.25, 0.3) is 16.8 Å². The predicted molar refractivity (Wildman–Crippen MR) is 95.9 cm³/mol. The van der Waals surface area contributed by atoms with Crippen LogP contribution in [0, 0.1) is 20.2 Å². The lowest BCUT2D eigenvalue weighted by molar-refractivity contribution is -0.600. The lowest BCUT2D eigenvalue weighted by Gasteiger charge is -2.01. The van der Waals surface area contributed by atoms with Gasteiger partial charge in [-0.25, -0.2) is 0 Å². The molecule has 2 aromatic heterocycles. The van der Waals surface area contributed by atoms with Crippen molar-refractivity contribution in [3.8, 4) is 16.8 Å². The summed E-state index contributed by atoms with van der Waals surface area (Å²) < 4.78 is 1.55. The minimum Gasteiger partial charge on any atom is -0.265 e. The van der Waals surface area contributed by atoms with Gasteiger partial charge in [-0.2, -0.15) is 4.57 Å². The molecule has 0 spiro atoms. The van der Waals surface area contributed by atoms with Gasteiger partial charge in [0.2, 0.25) is 0 Å². The number of rotatable bonds is 4. The van der Waals surface area contributed by atoms with Crippen LogP contribution in [0.1, 0.15) is 13.8 Å². The van der Waals surface area contributed by atoms with E-state index in [1.165, 1.54) is 12.1 Å². The van der Waals surface area contributed by atoms with Gasteiger partial charge in [0.05, 0.1) is 9.85 Å². The fraction of sp³-hybridized carbons (Fsp3) is 0.111. The molecular weight excluding hydrogens is 336 g/mol. The summed E-state index contributed by atoms with van der Waals surface area (Å²) >= 11 is 0. The van der Waals surface area contributed by atoms with Crippen molar-refractivity contribution in [2.24, 2.45) is 0 Å².